The molecule has 1 aromatic carbocycles. The van der Waals surface area contributed by atoms with Crippen LogP contribution in [0.25, 0.3) is 0 Å². The van der Waals surface area contributed by atoms with Crippen LogP contribution in [0, 0.1) is 3.70 Å². The van der Waals surface area contributed by atoms with Gasteiger partial charge in [0.1, 0.15) is 3.70 Å². The Morgan fingerprint density at radius 3 is 2.50 bits per heavy atom. The molecule has 1 heterocycles. The van der Waals surface area contributed by atoms with Gasteiger partial charge in [-0.05, 0) is 34.2 Å². The first-order chi connectivity index (χ1) is 7.84. The fourth-order valence-corrected chi connectivity index (χ4v) is 1.59. The molecule has 0 spiro atoms. The van der Waals surface area contributed by atoms with Crippen molar-refractivity contribution in [3.63, 3.8) is 0 Å². The lowest BCUT2D eigenvalue weighted by molar-refractivity contribution is 0.305. The normalized spacial score (nSPS) is 10.1. The lowest BCUT2D eigenvalue weighted by Crippen LogP contribution is -2.03. The van der Waals surface area contributed by atoms with E-state index in [4.69, 9.17) is 4.74 Å². The topological polar surface area (TPSA) is 35.0 Å². The first-order valence-corrected chi connectivity index (χ1v) is 6.08. The van der Waals surface area contributed by atoms with Crippen molar-refractivity contribution in [2.45, 2.75) is 6.42 Å². The first kappa shape index (κ1) is 11.3. The highest BCUT2D eigenvalue weighted by Gasteiger charge is 1.97. The summed E-state index contributed by atoms with van der Waals surface area (Å²) in [5.74, 6) is 0.580. The number of nitrogens with zero attached hydrogens (tertiary/aromatic N) is 2. The van der Waals surface area contributed by atoms with Crippen molar-refractivity contribution in [1.29, 1.82) is 0 Å². The van der Waals surface area contributed by atoms with Gasteiger partial charge in [0.25, 0.3) is 0 Å². The first-order valence-electron chi connectivity index (χ1n) is 5.00. The molecule has 0 N–H and O–H groups in total. The van der Waals surface area contributed by atoms with Crippen LogP contribution in [0.15, 0.2) is 42.5 Å². The average molecular weight is 326 g/mol. The number of halogens is 1. The molecule has 16 heavy (non-hydrogen) atoms. The van der Waals surface area contributed by atoms with E-state index in [1.165, 1.54) is 5.56 Å². The molecular weight excluding hydrogens is 315 g/mol. The predicted octanol–water partition coefficient (Wildman–Crippen LogP) is 2.70. The summed E-state index contributed by atoms with van der Waals surface area (Å²) >= 11 is 2.11. The van der Waals surface area contributed by atoms with Crippen LogP contribution in [0.1, 0.15) is 5.56 Å². The molecule has 2 aromatic rings. The van der Waals surface area contributed by atoms with E-state index in [9.17, 15) is 0 Å². The third-order valence-electron chi connectivity index (χ3n) is 2.09. The maximum absolute atomic E-state index is 5.49. The molecule has 0 amide bonds. The highest BCUT2D eigenvalue weighted by atomic mass is 127. The maximum Gasteiger partial charge on any atom is 0.233 e. The number of hydrogen-bond acceptors (Lipinski definition) is 3. The molecular formula is C12H11IN2O. The van der Waals surface area contributed by atoms with Gasteiger partial charge in [0.2, 0.25) is 5.88 Å². The molecule has 1 aromatic heterocycles. The van der Waals surface area contributed by atoms with Gasteiger partial charge in [-0.1, -0.05) is 30.3 Å². The van der Waals surface area contributed by atoms with E-state index >= 15 is 0 Å². The van der Waals surface area contributed by atoms with E-state index in [2.05, 4.69) is 44.9 Å². The third-order valence-corrected chi connectivity index (χ3v) is 2.67. The molecule has 0 aliphatic carbocycles. The highest BCUT2D eigenvalue weighted by molar-refractivity contribution is 14.1. The lowest BCUT2D eigenvalue weighted by Gasteiger charge is -2.04. The van der Waals surface area contributed by atoms with Crippen LogP contribution in [0.3, 0.4) is 0 Å². The minimum atomic E-state index is 0.580. The van der Waals surface area contributed by atoms with Crippen molar-refractivity contribution < 1.29 is 4.74 Å². The van der Waals surface area contributed by atoms with E-state index in [0.29, 0.717) is 12.5 Å². The van der Waals surface area contributed by atoms with Crippen LogP contribution in [0.4, 0.5) is 0 Å². The van der Waals surface area contributed by atoms with Gasteiger partial charge in [0.05, 0.1) is 6.61 Å². The number of benzene rings is 1. The standard InChI is InChI=1S/C12H11IN2O/c13-11-6-7-12(15-14-11)16-9-8-10-4-2-1-3-5-10/h1-7H,8-9H2. The molecule has 0 aliphatic rings. The molecule has 0 radical (unpaired) electrons. The Morgan fingerprint density at radius 2 is 1.81 bits per heavy atom. The zero-order chi connectivity index (χ0) is 11.2. The molecule has 0 unspecified atom stereocenters. The molecule has 2 rings (SSSR count). The van der Waals surface area contributed by atoms with E-state index in [1.54, 1.807) is 0 Å². The summed E-state index contributed by atoms with van der Waals surface area (Å²) in [6.45, 7) is 0.624. The van der Waals surface area contributed by atoms with Gasteiger partial charge >= 0.3 is 0 Å². The van der Waals surface area contributed by atoms with Crippen molar-refractivity contribution in [3.8, 4) is 5.88 Å². The largest absolute Gasteiger partial charge is 0.476 e. The third kappa shape index (κ3) is 3.44. The molecule has 0 aliphatic heterocycles. The summed E-state index contributed by atoms with van der Waals surface area (Å²) < 4.78 is 6.36. The quantitative estimate of drug-likeness (QED) is 0.811. The SMILES string of the molecule is Ic1ccc(OCCc2ccccc2)nn1. The van der Waals surface area contributed by atoms with Crippen molar-refractivity contribution in [1.82, 2.24) is 10.2 Å². The summed E-state index contributed by atoms with van der Waals surface area (Å²) in [5.41, 5.74) is 1.26. The fourth-order valence-electron chi connectivity index (χ4n) is 1.30. The van der Waals surface area contributed by atoms with Crippen LogP contribution in [-0.4, -0.2) is 16.8 Å². The Labute approximate surface area is 108 Å². The van der Waals surface area contributed by atoms with Crippen LogP contribution in [-0.2, 0) is 6.42 Å². The smallest absolute Gasteiger partial charge is 0.233 e. The van der Waals surface area contributed by atoms with Crippen molar-refractivity contribution in [2.24, 2.45) is 0 Å². The monoisotopic (exact) mass is 326 g/mol. The van der Waals surface area contributed by atoms with Crippen LogP contribution in [0.5, 0.6) is 5.88 Å². The number of aromatic nitrogens is 2. The summed E-state index contributed by atoms with van der Waals surface area (Å²) in [4.78, 5) is 0. The molecule has 0 saturated carbocycles. The lowest BCUT2D eigenvalue weighted by atomic mass is 10.2. The molecule has 0 saturated heterocycles. The summed E-state index contributed by atoms with van der Waals surface area (Å²) in [7, 11) is 0. The summed E-state index contributed by atoms with van der Waals surface area (Å²) in [5, 5.41) is 7.85. The molecule has 4 heteroatoms. The van der Waals surface area contributed by atoms with Crippen LogP contribution >= 0.6 is 22.6 Å². The molecule has 3 nitrogen and oxygen atoms in total. The number of ether oxygens (including phenoxy) is 1. The second-order valence-electron chi connectivity index (χ2n) is 3.28. The van der Waals surface area contributed by atoms with Crippen molar-refractivity contribution >= 4 is 22.6 Å². The number of hydrogen-bond donors (Lipinski definition) is 0. The second kappa shape index (κ2) is 5.79. The van der Waals surface area contributed by atoms with Crippen LogP contribution < -0.4 is 4.74 Å². The van der Waals surface area contributed by atoms with Gasteiger partial charge < -0.3 is 4.74 Å². The van der Waals surface area contributed by atoms with Gasteiger partial charge in [-0.3, -0.25) is 0 Å². The minimum Gasteiger partial charge on any atom is -0.476 e. The Morgan fingerprint density at radius 1 is 1.00 bits per heavy atom. The van der Waals surface area contributed by atoms with Gasteiger partial charge in [0.15, 0.2) is 0 Å². The Bertz CT molecular complexity index is 431. The van der Waals surface area contributed by atoms with E-state index in [0.717, 1.165) is 10.1 Å². The zero-order valence-corrected chi connectivity index (χ0v) is 10.8. The van der Waals surface area contributed by atoms with Crippen LogP contribution in [0.2, 0.25) is 0 Å². The van der Waals surface area contributed by atoms with Gasteiger partial charge in [-0.25, -0.2) is 0 Å². The van der Waals surface area contributed by atoms with Crippen molar-refractivity contribution in [2.75, 3.05) is 6.61 Å². The Kier molecular flexibility index (Phi) is 4.10. The number of rotatable bonds is 4. The Hall–Kier alpha value is -1.17. The van der Waals surface area contributed by atoms with Crippen molar-refractivity contribution in [3.05, 3.63) is 51.7 Å². The second-order valence-corrected chi connectivity index (χ2v) is 4.38. The molecule has 0 fully saturated rings. The molecule has 0 bridgehead atoms. The van der Waals surface area contributed by atoms with E-state index in [-0.39, 0.29) is 0 Å². The highest BCUT2D eigenvalue weighted by Crippen LogP contribution is 2.07. The summed E-state index contributed by atoms with van der Waals surface area (Å²) in [6, 6.07) is 14.0. The average Bonchev–Trinajstić information content (AvgIpc) is 2.33. The fraction of sp³-hybridized carbons (Fsp3) is 0.167. The Balaban J connectivity index is 1.82. The predicted molar refractivity (Wildman–Crippen MR) is 70.4 cm³/mol. The maximum atomic E-state index is 5.49. The van der Waals surface area contributed by atoms with Gasteiger partial charge in [-0.2, -0.15) is 0 Å². The molecule has 0 atom stereocenters. The summed E-state index contributed by atoms with van der Waals surface area (Å²) in [6.07, 6.45) is 0.883. The minimum absolute atomic E-state index is 0.580. The van der Waals surface area contributed by atoms with Gasteiger partial charge in [-0.15, -0.1) is 10.2 Å². The molecule has 82 valence electrons. The van der Waals surface area contributed by atoms with Gasteiger partial charge in [0, 0.05) is 12.5 Å². The zero-order valence-electron chi connectivity index (χ0n) is 8.64. The van der Waals surface area contributed by atoms with E-state index in [1.807, 2.05) is 30.3 Å². The van der Waals surface area contributed by atoms with E-state index < -0.39 is 0 Å².